The van der Waals surface area contributed by atoms with Gasteiger partial charge in [-0.2, -0.15) is 0 Å². The predicted molar refractivity (Wildman–Crippen MR) is 250 cm³/mol. The molecule has 0 aliphatic carbocycles. The Kier molecular flexibility index (Phi) is 23.4. The number of carbonyl (C=O) groups is 4. The highest BCUT2D eigenvalue weighted by Gasteiger charge is 2.61. The van der Waals surface area contributed by atoms with E-state index in [1.165, 1.54) is 6.92 Å². The largest absolute Gasteiger partial charge is 0.477 e. The number of carboxylic acid groups (broad SMARTS) is 1. The molecule has 31 atom stereocenters. The van der Waals surface area contributed by atoms with Crippen molar-refractivity contribution < 1.29 is 163 Å². The fourth-order valence-electron chi connectivity index (χ4n) is 10.3. The highest BCUT2D eigenvalue weighted by Crippen LogP contribution is 2.40. The lowest BCUT2D eigenvalue weighted by Crippen LogP contribution is -2.71. The van der Waals surface area contributed by atoms with Gasteiger partial charge < -0.3 is 160 Å². The summed E-state index contributed by atoms with van der Waals surface area (Å²) in [6, 6.07) is -5.19. The van der Waals surface area contributed by atoms with Crippen molar-refractivity contribution in [2.45, 2.75) is 224 Å². The number of aliphatic hydroxyl groups excluding tert-OH is 17. The molecular weight excluding hydrogens is 1110 g/mol. The fraction of sp³-hybridized carbons (Fsp3) is 0.911. The first kappa shape index (κ1) is 66.9. The van der Waals surface area contributed by atoms with Crippen molar-refractivity contribution in [3.8, 4) is 0 Å². The topological polar surface area (TPSA) is 570 Å². The van der Waals surface area contributed by atoms with Crippen molar-refractivity contribution in [2.75, 3.05) is 33.0 Å². The van der Waals surface area contributed by atoms with Crippen LogP contribution in [0.15, 0.2) is 0 Å². The molecule has 6 aliphatic heterocycles. The Bertz CT molecular complexity index is 2070. The molecule has 0 unspecified atom stereocenters. The second-order valence-electron chi connectivity index (χ2n) is 20.4. The third-order valence-electron chi connectivity index (χ3n) is 14.5. The van der Waals surface area contributed by atoms with Crippen molar-refractivity contribution in [1.82, 2.24) is 16.0 Å². The van der Waals surface area contributed by atoms with Gasteiger partial charge in [0.2, 0.25) is 17.7 Å². The van der Waals surface area contributed by atoms with E-state index < -0.39 is 253 Å². The highest BCUT2D eigenvalue weighted by atomic mass is 16.8. The number of ether oxygens (including phenoxy) is 11. The van der Waals surface area contributed by atoms with Crippen molar-refractivity contribution in [1.29, 1.82) is 0 Å². The van der Waals surface area contributed by atoms with Crippen LogP contribution >= 0.6 is 0 Å². The van der Waals surface area contributed by atoms with Gasteiger partial charge in [-0.3, -0.25) is 14.4 Å². The Hall–Kier alpha value is -3.24. The molecule has 6 fully saturated rings. The molecule has 0 saturated carbocycles. The van der Waals surface area contributed by atoms with Gasteiger partial charge in [0.05, 0.1) is 51.3 Å². The molecular formula is C45H75N3O33. The van der Waals surface area contributed by atoms with E-state index in [9.17, 15) is 111 Å². The van der Waals surface area contributed by atoms with Gasteiger partial charge in [0.15, 0.2) is 31.5 Å². The van der Waals surface area contributed by atoms with Crippen LogP contribution in [0.1, 0.15) is 34.1 Å². The van der Waals surface area contributed by atoms with Crippen LogP contribution in [-0.4, -0.2) is 338 Å². The summed E-state index contributed by atoms with van der Waals surface area (Å²) in [6.45, 7) is -1.04. The molecule has 6 saturated heterocycles. The highest BCUT2D eigenvalue weighted by molar-refractivity contribution is 5.77. The van der Waals surface area contributed by atoms with Crippen molar-refractivity contribution >= 4 is 23.7 Å². The summed E-state index contributed by atoms with van der Waals surface area (Å²) in [5.74, 6) is -7.89. The van der Waals surface area contributed by atoms with Crippen LogP contribution in [0.4, 0.5) is 0 Å². The molecule has 0 aromatic carbocycles. The van der Waals surface area contributed by atoms with Crippen LogP contribution in [0.5, 0.6) is 0 Å². The lowest BCUT2D eigenvalue weighted by atomic mass is 9.88. The normalized spacial score (nSPS) is 46.7. The van der Waals surface area contributed by atoms with Crippen LogP contribution in [0.3, 0.4) is 0 Å². The minimum atomic E-state index is -3.24. The van der Waals surface area contributed by atoms with Gasteiger partial charge in [0.25, 0.3) is 5.79 Å². The number of carboxylic acids is 1. The van der Waals surface area contributed by atoms with Crippen molar-refractivity contribution in [2.24, 2.45) is 0 Å². The van der Waals surface area contributed by atoms with E-state index in [1.54, 1.807) is 0 Å². The molecule has 0 aromatic rings. The standard InChI is InChI=1S/C45H75N3O33/c1-11-24(58)29(63)31(65)41(72-11)79-37-23(48-14(4)55)40(71-10-20-28(62)35(22(39(68)73-20)47-13(3)54)78-42-32(66)30(64)26(60)17(7-50)74-42)76-19(9-52)34(37)77-43-33(67)38(27(61)18(8-51)75-43)81-45(44(69)70)5-15(56)21(46-12(2)53)36(80-45)25(59)16(57)6-49/h11,15-43,49-52,56-68H,5-10H2,1-4H3,(H,46,53)(H,47,54)(H,48,55)(H,69,70)/t11-,15+,16-,17-,18-,19-,20-,21-,22+,23-,24+,25-,26+,27-,28-,29+,30+,31-,32-,33+,34-,35-,36-,37-,38+,39-,40-,41-,42+,43+,45+/m1/s1. The minimum absolute atomic E-state index is 0.801. The van der Waals surface area contributed by atoms with E-state index in [-0.39, 0.29) is 0 Å². The van der Waals surface area contributed by atoms with Gasteiger partial charge in [-0.15, -0.1) is 0 Å². The first-order valence-corrected chi connectivity index (χ1v) is 25.6. The van der Waals surface area contributed by atoms with E-state index in [1.807, 2.05) is 0 Å². The smallest absolute Gasteiger partial charge is 0.364 e. The number of aliphatic hydroxyl groups is 17. The van der Waals surface area contributed by atoms with Crippen LogP contribution in [0, 0.1) is 0 Å². The third kappa shape index (κ3) is 14.7. The Balaban J connectivity index is 1.34. The van der Waals surface area contributed by atoms with Crippen LogP contribution in [-0.2, 0) is 71.3 Å². The second-order valence-corrected chi connectivity index (χ2v) is 20.4. The van der Waals surface area contributed by atoms with Gasteiger partial charge in [0.1, 0.15) is 134 Å². The average molecular weight is 1190 g/mol. The summed E-state index contributed by atoms with van der Waals surface area (Å²) in [7, 11) is 0. The quantitative estimate of drug-likeness (QED) is 0.0507. The summed E-state index contributed by atoms with van der Waals surface area (Å²) in [4.78, 5) is 50.7. The lowest BCUT2D eigenvalue weighted by Gasteiger charge is -2.52. The summed E-state index contributed by atoms with van der Waals surface area (Å²) >= 11 is 0. The monoisotopic (exact) mass is 1190 g/mol. The SMILES string of the molecule is CC(=O)N[C@H]1[C@H](OC[C@H]2O[C@@H](O)[C@@H](NC(C)=O)[C@@H](O[C@@H]3O[C@H](CO)[C@H](O)[C@H](O)[C@H]3O)[C@@H]2O)O[C@H](CO)[C@@H](O[C@@H]2O[C@H](CO)[C@@H](O)[C@H](O[C@]3(C(=O)O)C[C@H](O)[C@@H](NC(C)=O)[C@H]([C@H](O)[C@H](O)CO)O3)[C@@H]2O)[C@@H]1O[C@H]1O[C@H](C)[C@H](O)[C@H](O)[C@H]1O. The zero-order valence-corrected chi connectivity index (χ0v) is 43.7. The minimum Gasteiger partial charge on any atom is -0.477 e. The van der Waals surface area contributed by atoms with Gasteiger partial charge in [-0.05, 0) is 6.92 Å². The zero-order chi connectivity index (χ0) is 60.3. The molecule has 6 rings (SSSR count). The number of amides is 3. The molecule has 81 heavy (non-hydrogen) atoms. The number of nitrogens with one attached hydrogen (secondary N) is 3. The van der Waals surface area contributed by atoms with Crippen LogP contribution in [0.25, 0.3) is 0 Å². The molecule has 0 radical (unpaired) electrons. The van der Waals surface area contributed by atoms with Crippen LogP contribution < -0.4 is 16.0 Å². The maximum atomic E-state index is 13.2. The lowest BCUT2D eigenvalue weighted by molar-refractivity contribution is -0.392. The summed E-state index contributed by atoms with van der Waals surface area (Å²) in [5, 5.41) is 201. The Morgan fingerprint density at radius 1 is 0.531 bits per heavy atom. The maximum absolute atomic E-state index is 13.2. The molecule has 6 heterocycles. The van der Waals surface area contributed by atoms with Crippen molar-refractivity contribution in [3.63, 3.8) is 0 Å². The Morgan fingerprint density at radius 3 is 1.57 bits per heavy atom. The first-order valence-electron chi connectivity index (χ1n) is 25.6. The molecule has 0 bridgehead atoms. The summed E-state index contributed by atoms with van der Waals surface area (Å²) < 4.78 is 64.1. The first-order chi connectivity index (χ1) is 38.0. The second kappa shape index (κ2) is 28.3. The molecule has 36 heteroatoms. The van der Waals surface area contributed by atoms with Gasteiger partial charge in [-0.25, -0.2) is 4.79 Å². The van der Waals surface area contributed by atoms with E-state index in [2.05, 4.69) is 16.0 Å². The summed E-state index contributed by atoms with van der Waals surface area (Å²) in [5.41, 5.74) is 0. The van der Waals surface area contributed by atoms with Crippen molar-refractivity contribution in [3.05, 3.63) is 0 Å². The number of hydrogen-bond acceptors (Lipinski definition) is 32. The molecule has 21 N–H and O–H groups in total. The van der Waals surface area contributed by atoms with Crippen LogP contribution in [0.2, 0.25) is 0 Å². The van der Waals surface area contributed by atoms with Gasteiger partial charge >= 0.3 is 5.97 Å². The summed E-state index contributed by atoms with van der Waals surface area (Å²) in [6.07, 6.45) is -55.0. The Labute approximate surface area is 459 Å². The fourth-order valence-corrected chi connectivity index (χ4v) is 10.3. The van der Waals surface area contributed by atoms with E-state index >= 15 is 0 Å². The average Bonchev–Trinajstić information content (AvgIpc) is 3.58. The number of rotatable bonds is 21. The predicted octanol–water partition coefficient (Wildman–Crippen LogP) is -13.4. The molecule has 0 spiro atoms. The number of aliphatic carboxylic acids is 1. The van der Waals surface area contributed by atoms with E-state index in [0.717, 1.165) is 20.8 Å². The van der Waals surface area contributed by atoms with Gasteiger partial charge in [-0.1, -0.05) is 0 Å². The maximum Gasteiger partial charge on any atom is 0.364 e. The molecule has 36 nitrogen and oxygen atoms in total. The van der Waals surface area contributed by atoms with E-state index in [0.29, 0.717) is 0 Å². The third-order valence-corrected chi connectivity index (χ3v) is 14.5. The van der Waals surface area contributed by atoms with E-state index in [4.69, 9.17) is 52.1 Å². The zero-order valence-electron chi connectivity index (χ0n) is 43.7. The molecule has 468 valence electrons. The number of carbonyl (C=O) groups excluding carboxylic acids is 3. The molecule has 6 aliphatic rings. The Morgan fingerprint density at radius 2 is 1.01 bits per heavy atom. The molecule has 3 amide bonds. The number of hydrogen-bond donors (Lipinski definition) is 21. The van der Waals surface area contributed by atoms with Gasteiger partial charge in [0, 0.05) is 27.2 Å². The molecule has 0 aromatic heterocycles.